The number of nitrogens with two attached hydrogens (primary N) is 2. The summed E-state index contributed by atoms with van der Waals surface area (Å²) in [6.45, 7) is 3.98. The van der Waals surface area contributed by atoms with Gasteiger partial charge < -0.3 is 53.6 Å². The first kappa shape index (κ1) is 45.0. The summed E-state index contributed by atoms with van der Waals surface area (Å²) < 4.78 is 0. The van der Waals surface area contributed by atoms with Gasteiger partial charge in [0.15, 0.2) is 10.3 Å². The van der Waals surface area contributed by atoms with E-state index in [1.807, 2.05) is 0 Å². The van der Waals surface area contributed by atoms with Crippen LogP contribution < -0.4 is 43.4 Å². The van der Waals surface area contributed by atoms with Gasteiger partial charge in [0.05, 0.1) is 6.04 Å². The Morgan fingerprint density at radius 1 is 0.694 bits per heavy atom. The van der Waals surface area contributed by atoms with Gasteiger partial charge in [0.25, 0.3) is 0 Å². The van der Waals surface area contributed by atoms with Gasteiger partial charge >= 0.3 is 0 Å². The van der Waals surface area contributed by atoms with E-state index in [0.29, 0.717) is 58.4 Å². The van der Waals surface area contributed by atoms with Crippen molar-refractivity contribution < 1.29 is 34.2 Å². The van der Waals surface area contributed by atoms with E-state index in [2.05, 4.69) is 41.9 Å². The molecule has 12 N–H and O–H groups in total. The Balaban J connectivity index is 1.22. The fourth-order valence-electron chi connectivity index (χ4n) is 6.69. The minimum Gasteiger partial charge on any atom is -0.508 e. The molecule has 8 bridgehead atoms. The van der Waals surface area contributed by atoms with E-state index in [1.165, 1.54) is 42.6 Å². The van der Waals surface area contributed by atoms with Crippen LogP contribution in [-0.2, 0) is 56.1 Å². The lowest BCUT2D eigenvalue weighted by atomic mass is 10.00. The topological polar surface area (TPSA) is 276 Å². The highest BCUT2D eigenvalue weighted by Gasteiger charge is 2.29. The van der Waals surface area contributed by atoms with Crippen molar-refractivity contribution in [2.75, 3.05) is 23.7 Å². The fraction of sp³-hybridized carbons (Fsp3) is 0.326. The molecular weight excluding hydrogens is 833 g/mol. The van der Waals surface area contributed by atoms with Crippen LogP contribution in [0.25, 0.3) is 0 Å². The number of carbonyl (C=O) groups excluding carboxylic acids is 5. The number of phenolic OH excluding ortho intramolecular Hbond substituents is 2. The highest BCUT2D eigenvalue weighted by atomic mass is 32.1. The van der Waals surface area contributed by atoms with Crippen molar-refractivity contribution in [1.82, 2.24) is 31.2 Å². The molecule has 6 rings (SSSR count). The summed E-state index contributed by atoms with van der Waals surface area (Å²) >= 11 is 2.88. The van der Waals surface area contributed by atoms with Crippen LogP contribution in [0.5, 0.6) is 11.5 Å². The highest BCUT2D eigenvalue weighted by Crippen LogP contribution is 2.28. The second-order valence-corrected chi connectivity index (χ2v) is 17.3. The SMILES string of the molecule is C[C@H]1NC(=O)[C@H](Cc2ccccc2)NC(=O)[C@@H](C)NC(=O)[C@@H](N)Cc2ccc(O)c(c2)Cc2cnc(s2)NCCNc2ncc(s2)Cc2cc(ccc2O)C[C@@H](C(N)=O)NC1=O. The van der Waals surface area contributed by atoms with Gasteiger partial charge in [-0.1, -0.05) is 54.6 Å². The molecule has 0 radical (unpaired) electrons. The Morgan fingerprint density at radius 3 is 1.76 bits per heavy atom. The van der Waals surface area contributed by atoms with Crippen molar-refractivity contribution in [3.8, 4) is 11.5 Å². The number of nitrogens with zero attached hydrogens (tertiary/aromatic N) is 2. The zero-order valence-electron chi connectivity index (χ0n) is 34.1. The fourth-order valence-corrected chi connectivity index (χ4v) is 8.42. The largest absolute Gasteiger partial charge is 0.508 e. The number of anilines is 2. The first-order chi connectivity index (χ1) is 29.7. The number of aromatic nitrogens is 2. The molecule has 5 aromatic rings. The van der Waals surface area contributed by atoms with Crippen LogP contribution in [0.15, 0.2) is 79.1 Å². The molecule has 1 aliphatic rings. The quantitative estimate of drug-likeness (QED) is 0.124. The predicted octanol–water partition coefficient (Wildman–Crippen LogP) is 1.85. The maximum Gasteiger partial charge on any atom is 0.243 e. The van der Waals surface area contributed by atoms with Gasteiger partial charge in [0, 0.05) is 60.9 Å². The maximum atomic E-state index is 13.7. The molecule has 3 aromatic carbocycles. The third-order valence-electron chi connectivity index (χ3n) is 10.1. The van der Waals surface area contributed by atoms with Gasteiger partial charge in [-0.3, -0.25) is 24.0 Å². The summed E-state index contributed by atoms with van der Waals surface area (Å²) in [6, 6.07) is 13.2. The molecule has 2 aromatic heterocycles. The number of rotatable bonds is 3. The Morgan fingerprint density at radius 2 is 1.21 bits per heavy atom. The van der Waals surface area contributed by atoms with E-state index in [1.54, 1.807) is 73.1 Å². The Bertz CT molecular complexity index is 2390. The number of primary amides is 1. The molecule has 62 heavy (non-hydrogen) atoms. The van der Waals surface area contributed by atoms with Crippen molar-refractivity contribution in [3.63, 3.8) is 0 Å². The van der Waals surface area contributed by atoms with Crippen molar-refractivity contribution >= 4 is 62.5 Å². The first-order valence-electron chi connectivity index (χ1n) is 20.0. The molecule has 5 atom stereocenters. The van der Waals surface area contributed by atoms with Crippen LogP contribution in [-0.4, -0.2) is 93.0 Å². The van der Waals surface area contributed by atoms with Crippen LogP contribution in [0.1, 0.15) is 51.4 Å². The van der Waals surface area contributed by atoms with E-state index in [0.717, 1.165) is 15.3 Å². The van der Waals surface area contributed by atoms with E-state index < -0.39 is 59.7 Å². The minimum absolute atomic E-state index is 0.00664. The minimum atomic E-state index is -1.17. The normalized spacial score (nSPS) is 21.2. The van der Waals surface area contributed by atoms with Gasteiger partial charge in [0.1, 0.15) is 35.7 Å². The van der Waals surface area contributed by atoms with Gasteiger partial charge in [-0.2, -0.15) is 0 Å². The van der Waals surface area contributed by atoms with Crippen LogP contribution in [0.2, 0.25) is 0 Å². The third-order valence-corrected chi connectivity index (χ3v) is 12.0. The van der Waals surface area contributed by atoms with E-state index in [4.69, 9.17) is 11.5 Å². The lowest BCUT2D eigenvalue weighted by Gasteiger charge is -2.24. The van der Waals surface area contributed by atoms with Crippen LogP contribution in [0.4, 0.5) is 10.3 Å². The second-order valence-electron chi connectivity index (χ2n) is 15.1. The van der Waals surface area contributed by atoms with Gasteiger partial charge in [-0.25, -0.2) is 9.97 Å². The van der Waals surface area contributed by atoms with Gasteiger partial charge in [0.2, 0.25) is 29.5 Å². The summed E-state index contributed by atoms with van der Waals surface area (Å²) in [6.07, 6.45) is 4.38. The Kier molecular flexibility index (Phi) is 15.1. The Hall–Kier alpha value is -6.57. The maximum absolute atomic E-state index is 13.7. The number of hydrogen-bond acceptors (Lipinski definition) is 14. The number of fused-ring (bicyclic) bond motifs is 8. The molecule has 0 saturated heterocycles. The molecule has 0 spiro atoms. The number of hydrogen-bond donors (Lipinski definition) is 10. The molecule has 1 aliphatic heterocycles. The molecule has 19 heteroatoms. The number of aromatic hydroxyl groups is 2. The molecule has 0 saturated carbocycles. The van der Waals surface area contributed by atoms with Crippen molar-refractivity contribution in [2.24, 2.45) is 11.5 Å². The summed E-state index contributed by atoms with van der Waals surface area (Å²) in [4.78, 5) is 77.2. The smallest absolute Gasteiger partial charge is 0.243 e. The van der Waals surface area contributed by atoms with Crippen molar-refractivity contribution in [2.45, 2.75) is 76.2 Å². The first-order valence-corrected chi connectivity index (χ1v) is 21.6. The van der Waals surface area contributed by atoms with E-state index in [-0.39, 0.29) is 30.8 Å². The predicted molar refractivity (Wildman–Crippen MR) is 237 cm³/mol. The van der Waals surface area contributed by atoms with Crippen LogP contribution in [0, 0.1) is 0 Å². The molecule has 0 unspecified atom stereocenters. The standard InChI is InChI=1S/C43H50N10O7S2/c1-23-39(58)53-34(17-25-6-4-3-5-7-25)41(60)51-24(2)38(57)52-33(37(45)56)18-27-9-11-36(55)29(15-27)20-31-22-49-43(62-31)47-13-12-46-42-48-21-30(61-42)19-28-14-26(8-10-35(28)54)16-32(44)40(59)50-23/h3-11,14-15,21-24,32-34,54-55H,12-13,16-20,44H2,1-2H3,(H2,45,56)(H,46,48)(H,47,49)(H,50,59)(H,51,60)(H,52,57)(H,53,58)/t23-,24-,32+,33+,34+/m1/s1. The molecule has 326 valence electrons. The van der Waals surface area contributed by atoms with Gasteiger partial charge in [-0.05, 0) is 60.2 Å². The molecular formula is C43H50N10O7S2. The van der Waals surface area contributed by atoms with Crippen LogP contribution >= 0.6 is 22.7 Å². The number of carbonyl (C=O) groups is 5. The highest BCUT2D eigenvalue weighted by molar-refractivity contribution is 7.15. The molecule has 17 nitrogen and oxygen atoms in total. The zero-order chi connectivity index (χ0) is 44.3. The van der Waals surface area contributed by atoms with Crippen molar-refractivity contribution in [1.29, 1.82) is 0 Å². The number of amides is 5. The summed E-state index contributed by atoms with van der Waals surface area (Å²) in [5.41, 5.74) is 15.3. The molecule has 0 aliphatic carbocycles. The summed E-state index contributed by atoms with van der Waals surface area (Å²) in [7, 11) is 0. The molecule has 0 fully saturated rings. The number of thiazole rings is 2. The van der Waals surface area contributed by atoms with Crippen LogP contribution in [0.3, 0.4) is 0 Å². The molecule has 5 amide bonds. The zero-order valence-corrected chi connectivity index (χ0v) is 35.8. The monoisotopic (exact) mass is 882 g/mol. The summed E-state index contributed by atoms with van der Waals surface area (Å²) in [5.74, 6) is -3.32. The number of nitrogens with one attached hydrogen (secondary N) is 6. The summed E-state index contributed by atoms with van der Waals surface area (Å²) in [5, 5.41) is 39.9. The van der Waals surface area contributed by atoms with E-state index in [9.17, 15) is 34.2 Å². The van der Waals surface area contributed by atoms with E-state index >= 15 is 0 Å². The van der Waals surface area contributed by atoms with Crippen molar-refractivity contribution in [3.05, 3.63) is 117 Å². The Labute approximate surface area is 366 Å². The lowest BCUT2D eigenvalue weighted by Crippen LogP contribution is -2.58. The number of benzene rings is 3. The average molecular weight is 883 g/mol. The average Bonchev–Trinajstić information content (AvgIpc) is 3.90. The molecule has 3 heterocycles. The number of phenols is 2. The second kappa shape index (κ2) is 20.8. The third kappa shape index (κ3) is 12.5. The van der Waals surface area contributed by atoms with Gasteiger partial charge in [-0.15, -0.1) is 22.7 Å². The lowest BCUT2D eigenvalue weighted by molar-refractivity contribution is -0.134.